The van der Waals surface area contributed by atoms with Gasteiger partial charge in [-0.3, -0.25) is 4.79 Å². The number of benzene rings is 2. The Morgan fingerprint density at radius 3 is 2.08 bits per heavy atom. The number of carbonyl (C=O) groups excluding carboxylic acids is 1. The molecule has 0 aromatic heterocycles. The van der Waals surface area contributed by atoms with Gasteiger partial charge in [0, 0.05) is 17.3 Å². The van der Waals surface area contributed by atoms with Crippen molar-refractivity contribution in [2.45, 2.75) is 24.8 Å². The van der Waals surface area contributed by atoms with Gasteiger partial charge in [-0.2, -0.15) is 0 Å². The highest BCUT2D eigenvalue weighted by atomic mass is 35.5. The minimum absolute atomic E-state index is 0.111. The Bertz CT molecular complexity index is 890. The number of rotatable bonds is 6. The van der Waals surface area contributed by atoms with Crippen LogP contribution in [-0.2, 0) is 10.0 Å². The van der Waals surface area contributed by atoms with E-state index in [1.807, 2.05) is 0 Å². The maximum absolute atomic E-state index is 12.3. The maximum Gasteiger partial charge on any atom is 0.255 e. The molecule has 9 heteroatoms. The summed E-state index contributed by atoms with van der Waals surface area (Å²) in [6, 6.07) is 8.48. The number of halogens is 2. The van der Waals surface area contributed by atoms with Crippen LogP contribution >= 0.6 is 23.2 Å². The van der Waals surface area contributed by atoms with Crippen molar-refractivity contribution in [3.8, 4) is 5.75 Å². The Balaban J connectivity index is 2.18. The van der Waals surface area contributed by atoms with Crippen LogP contribution in [0.15, 0.2) is 41.3 Å². The van der Waals surface area contributed by atoms with Gasteiger partial charge in [0.15, 0.2) is 5.75 Å². The summed E-state index contributed by atoms with van der Waals surface area (Å²) < 4.78 is 31.7. The molecule has 0 bridgehead atoms. The molecule has 26 heavy (non-hydrogen) atoms. The highest BCUT2D eigenvalue weighted by molar-refractivity contribution is 7.89. The summed E-state index contributed by atoms with van der Waals surface area (Å²) in [5.74, 6) is -0.149. The lowest BCUT2D eigenvalue weighted by Crippen LogP contribution is -2.30. The van der Waals surface area contributed by atoms with Crippen molar-refractivity contribution in [1.82, 2.24) is 4.72 Å². The Hall–Kier alpha value is -1.80. The summed E-state index contributed by atoms with van der Waals surface area (Å²) >= 11 is 12.1. The van der Waals surface area contributed by atoms with Gasteiger partial charge in [-0.05, 0) is 50.2 Å². The molecule has 1 amide bonds. The molecule has 0 unspecified atom stereocenters. The van der Waals surface area contributed by atoms with E-state index in [-0.39, 0.29) is 32.3 Å². The number of amides is 1. The van der Waals surface area contributed by atoms with Crippen molar-refractivity contribution in [1.29, 1.82) is 0 Å². The van der Waals surface area contributed by atoms with Gasteiger partial charge in [-0.15, -0.1) is 0 Å². The van der Waals surface area contributed by atoms with E-state index in [9.17, 15) is 13.2 Å². The van der Waals surface area contributed by atoms with E-state index in [0.717, 1.165) is 0 Å². The Labute approximate surface area is 162 Å². The number of carbonyl (C=O) groups is 1. The summed E-state index contributed by atoms with van der Waals surface area (Å²) in [6.07, 6.45) is 0. The van der Waals surface area contributed by atoms with Gasteiger partial charge in [0.25, 0.3) is 5.91 Å². The fourth-order valence-corrected chi connectivity index (χ4v) is 4.08. The molecule has 0 atom stereocenters. The summed E-state index contributed by atoms with van der Waals surface area (Å²) in [6.45, 7) is 3.47. The van der Waals surface area contributed by atoms with E-state index in [1.54, 1.807) is 13.8 Å². The SMILES string of the molecule is COc1c(Cl)cc(C(=O)Nc2ccc(S(=O)(=O)NC(C)C)cc2)cc1Cl. The highest BCUT2D eigenvalue weighted by Crippen LogP contribution is 2.34. The molecule has 0 radical (unpaired) electrons. The van der Waals surface area contributed by atoms with E-state index in [2.05, 4.69) is 10.0 Å². The second kappa shape index (κ2) is 8.26. The number of ether oxygens (including phenoxy) is 1. The molecule has 2 aromatic rings. The normalized spacial score (nSPS) is 11.5. The average Bonchev–Trinajstić information content (AvgIpc) is 2.53. The molecule has 0 aliphatic rings. The van der Waals surface area contributed by atoms with Crippen molar-refractivity contribution in [2.75, 3.05) is 12.4 Å². The van der Waals surface area contributed by atoms with Gasteiger partial charge in [-0.1, -0.05) is 23.2 Å². The van der Waals surface area contributed by atoms with Crippen LogP contribution in [0.5, 0.6) is 5.75 Å². The van der Waals surface area contributed by atoms with E-state index >= 15 is 0 Å². The Morgan fingerprint density at radius 1 is 1.08 bits per heavy atom. The zero-order valence-electron chi connectivity index (χ0n) is 14.3. The van der Waals surface area contributed by atoms with Crippen molar-refractivity contribution < 1.29 is 17.9 Å². The lowest BCUT2D eigenvalue weighted by Gasteiger charge is -2.11. The first-order chi connectivity index (χ1) is 12.1. The molecule has 2 aromatic carbocycles. The van der Waals surface area contributed by atoms with Crippen LogP contribution in [0.4, 0.5) is 5.69 Å². The van der Waals surface area contributed by atoms with Crippen LogP contribution < -0.4 is 14.8 Å². The summed E-state index contributed by atoms with van der Waals surface area (Å²) in [7, 11) is -2.16. The minimum Gasteiger partial charge on any atom is -0.494 e. The van der Waals surface area contributed by atoms with Gasteiger partial charge in [0.1, 0.15) is 0 Å². The second-order valence-electron chi connectivity index (χ2n) is 5.73. The largest absolute Gasteiger partial charge is 0.494 e. The fraction of sp³-hybridized carbons (Fsp3) is 0.235. The number of sulfonamides is 1. The van der Waals surface area contributed by atoms with Gasteiger partial charge in [0.05, 0.1) is 22.1 Å². The number of anilines is 1. The third kappa shape index (κ3) is 4.88. The third-order valence-corrected chi connectivity index (χ3v) is 5.51. The standard InChI is InChI=1S/C17H18Cl2N2O4S/c1-10(2)21-26(23,24)13-6-4-12(5-7-13)20-17(22)11-8-14(18)16(25-3)15(19)9-11/h4-10,21H,1-3H3,(H,20,22). The average molecular weight is 417 g/mol. The monoisotopic (exact) mass is 416 g/mol. The summed E-state index contributed by atoms with van der Waals surface area (Å²) in [5.41, 5.74) is 0.681. The molecule has 6 nitrogen and oxygen atoms in total. The zero-order chi connectivity index (χ0) is 19.5. The number of nitrogens with one attached hydrogen (secondary N) is 2. The molecule has 2 N–H and O–H groups in total. The highest BCUT2D eigenvalue weighted by Gasteiger charge is 2.16. The zero-order valence-corrected chi connectivity index (χ0v) is 16.7. The van der Waals surface area contributed by atoms with Crippen LogP contribution in [0, 0.1) is 0 Å². The molecule has 0 aliphatic heterocycles. The lowest BCUT2D eigenvalue weighted by atomic mass is 10.2. The molecule has 0 saturated heterocycles. The van der Waals surface area contributed by atoms with E-state index in [0.29, 0.717) is 5.69 Å². The van der Waals surface area contributed by atoms with Gasteiger partial charge in [-0.25, -0.2) is 13.1 Å². The van der Waals surface area contributed by atoms with Crippen molar-refractivity contribution >= 4 is 44.8 Å². The molecular formula is C17H18Cl2N2O4S. The summed E-state index contributed by atoms with van der Waals surface area (Å²) in [4.78, 5) is 12.5. The third-order valence-electron chi connectivity index (χ3n) is 3.28. The first-order valence-corrected chi connectivity index (χ1v) is 9.84. The van der Waals surface area contributed by atoms with Crippen LogP contribution in [0.3, 0.4) is 0 Å². The van der Waals surface area contributed by atoms with E-state index in [1.165, 1.54) is 43.5 Å². The molecule has 0 saturated carbocycles. The molecule has 140 valence electrons. The minimum atomic E-state index is -3.59. The van der Waals surface area contributed by atoms with Crippen LogP contribution in [0.25, 0.3) is 0 Å². The first-order valence-electron chi connectivity index (χ1n) is 7.61. The maximum atomic E-state index is 12.3. The molecule has 0 aliphatic carbocycles. The number of methoxy groups -OCH3 is 1. The van der Waals surface area contributed by atoms with Crippen molar-refractivity contribution in [3.05, 3.63) is 52.0 Å². The topological polar surface area (TPSA) is 84.5 Å². The van der Waals surface area contributed by atoms with Gasteiger partial charge < -0.3 is 10.1 Å². The van der Waals surface area contributed by atoms with Gasteiger partial charge >= 0.3 is 0 Å². The van der Waals surface area contributed by atoms with Crippen LogP contribution in [0.2, 0.25) is 10.0 Å². The Kier molecular flexibility index (Phi) is 6.52. The second-order valence-corrected chi connectivity index (χ2v) is 8.26. The quantitative estimate of drug-likeness (QED) is 0.746. The van der Waals surface area contributed by atoms with Crippen molar-refractivity contribution in [2.24, 2.45) is 0 Å². The molecule has 0 spiro atoms. The predicted octanol–water partition coefficient (Wildman–Crippen LogP) is 3.94. The van der Waals surface area contributed by atoms with Gasteiger partial charge in [0.2, 0.25) is 10.0 Å². The molecular weight excluding hydrogens is 399 g/mol. The van der Waals surface area contributed by atoms with Crippen LogP contribution in [-0.4, -0.2) is 27.5 Å². The number of hydrogen-bond donors (Lipinski definition) is 2. The predicted molar refractivity (Wildman–Crippen MR) is 103 cm³/mol. The van der Waals surface area contributed by atoms with Crippen LogP contribution in [0.1, 0.15) is 24.2 Å². The smallest absolute Gasteiger partial charge is 0.255 e. The molecule has 2 rings (SSSR count). The lowest BCUT2D eigenvalue weighted by molar-refractivity contribution is 0.102. The molecule has 0 heterocycles. The Morgan fingerprint density at radius 2 is 1.62 bits per heavy atom. The van der Waals surface area contributed by atoms with E-state index in [4.69, 9.17) is 27.9 Å². The first kappa shape index (κ1) is 20.5. The summed E-state index contributed by atoms with van der Waals surface area (Å²) in [5, 5.41) is 3.09. The molecule has 0 fully saturated rings. The fourth-order valence-electron chi connectivity index (χ4n) is 2.19. The van der Waals surface area contributed by atoms with Crippen molar-refractivity contribution in [3.63, 3.8) is 0 Å². The number of hydrogen-bond acceptors (Lipinski definition) is 4. The van der Waals surface area contributed by atoms with E-state index < -0.39 is 15.9 Å².